The average Bonchev–Trinajstić information content (AvgIpc) is 2.95. The summed E-state index contributed by atoms with van der Waals surface area (Å²) in [5.74, 6) is 0.718. The number of allylic oxidation sites excluding steroid dienone is 1. The molecule has 0 N–H and O–H groups in total. The number of rotatable bonds is 7. The Labute approximate surface area is 159 Å². The standard InChI is InChI=1S/C26H32/c1-4-5-6-7-8-9-10-20-13-16-23-24-17-18(2)11-14-21(24)22-15-12-19(3)25(20)26(22)23/h11-12,14-17,20H,4-10,13H2,1-3H3. The summed E-state index contributed by atoms with van der Waals surface area (Å²) in [5, 5.41) is 0. The van der Waals surface area contributed by atoms with Crippen molar-refractivity contribution in [3.05, 3.63) is 64.2 Å². The number of fused-ring (bicyclic) bond motifs is 3. The Kier molecular flexibility index (Phi) is 5.02. The molecule has 0 aliphatic heterocycles. The number of benzene rings is 2. The van der Waals surface area contributed by atoms with Crippen LogP contribution in [0, 0.1) is 13.8 Å². The van der Waals surface area contributed by atoms with Crippen molar-refractivity contribution >= 4 is 5.57 Å². The van der Waals surface area contributed by atoms with Crippen molar-refractivity contribution in [2.75, 3.05) is 0 Å². The van der Waals surface area contributed by atoms with Crippen LogP contribution in [0.15, 0.2) is 36.4 Å². The molecular formula is C26H32. The molecule has 4 rings (SSSR count). The van der Waals surface area contributed by atoms with E-state index in [4.69, 9.17) is 0 Å². The molecule has 2 aliphatic carbocycles. The zero-order valence-corrected chi connectivity index (χ0v) is 16.7. The van der Waals surface area contributed by atoms with Gasteiger partial charge in [0.15, 0.2) is 0 Å². The monoisotopic (exact) mass is 344 g/mol. The molecule has 0 bridgehead atoms. The maximum absolute atomic E-state index is 2.54. The SMILES string of the molecule is CCCCCCCCC1CC=C2c3cc(C)ccc3-c3ccc(C)c1c32. The van der Waals surface area contributed by atoms with Gasteiger partial charge in [-0.1, -0.05) is 87.4 Å². The van der Waals surface area contributed by atoms with Crippen LogP contribution in [-0.2, 0) is 0 Å². The highest BCUT2D eigenvalue weighted by molar-refractivity contribution is 6.03. The van der Waals surface area contributed by atoms with Crippen molar-refractivity contribution in [3.8, 4) is 11.1 Å². The lowest BCUT2D eigenvalue weighted by Gasteiger charge is -2.26. The quantitative estimate of drug-likeness (QED) is 0.381. The summed E-state index contributed by atoms with van der Waals surface area (Å²) in [7, 11) is 0. The molecule has 1 atom stereocenters. The second-order valence-electron chi connectivity index (χ2n) is 8.37. The highest BCUT2D eigenvalue weighted by atomic mass is 14.4. The van der Waals surface area contributed by atoms with Gasteiger partial charge >= 0.3 is 0 Å². The first kappa shape index (κ1) is 17.6. The Hall–Kier alpha value is -1.82. The predicted molar refractivity (Wildman–Crippen MR) is 114 cm³/mol. The smallest absolute Gasteiger partial charge is 0.00645 e. The van der Waals surface area contributed by atoms with Crippen LogP contribution in [0.5, 0.6) is 0 Å². The summed E-state index contributed by atoms with van der Waals surface area (Å²) in [6, 6.07) is 11.7. The van der Waals surface area contributed by atoms with E-state index in [1.54, 1.807) is 11.1 Å². The Bertz CT molecular complexity index is 837. The summed E-state index contributed by atoms with van der Waals surface area (Å²) in [5.41, 5.74) is 12.0. The van der Waals surface area contributed by atoms with Gasteiger partial charge in [-0.15, -0.1) is 0 Å². The third-order valence-corrected chi connectivity index (χ3v) is 6.41. The van der Waals surface area contributed by atoms with Crippen LogP contribution in [0.2, 0.25) is 0 Å². The summed E-state index contributed by atoms with van der Waals surface area (Å²) >= 11 is 0. The van der Waals surface area contributed by atoms with Crippen LogP contribution in [0.1, 0.15) is 92.0 Å². The van der Waals surface area contributed by atoms with E-state index < -0.39 is 0 Å². The van der Waals surface area contributed by atoms with E-state index in [1.165, 1.54) is 84.8 Å². The zero-order chi connectivity index (χ0) is 18.1. The normalized spacial score (nSPS) is 17.0. The Morgan fingerprint density at radius 2 is 1.62 bits per heavy atom. The minimum Gasteiger partial charge on any atom is -0.0754 e. The summed E-state index contributed by atoms with van der Waals surface area (Å²) < 4.78 is 0. The van der Waals surface area contributed by atoms with Gasteiger partial charge in [-0.05, 0) is 71.6 Å². The van der Waals surface area contributed by atoms with Crippen molar-refractivity contribution in [3.63, 3.8) is 0 Å². The molecule has 1 unspecified atom stereocenters. The first-order valence-corrected chi connectivity index (χ1v) is 10.7. The molecule has 2 aromatic carbocycles. The molecule has 2 aliphatic rings. The molecule has 0 heteroatoms. The Balaban J connectivity index is 1.59. The van der Waals surface area contributed by atoms with Crippen molar-refractivity contribution in [1.29, 1.82) is 0 Å². The van der Waals surface area contributed by atoms with E-state index in [9.17, 15) is 0 Å². The van der Waals surface area contributed by atoms with E-state index in [0.29, 0.717) is 0 Å². The van der Waals surface area contributed by atoms with E-state index >= 15 is 0 Å². The average molecular weight is 345 g/mol. The van der Waals surface area contributed by atoms with Crippen LogP contribution >= 0.6 is 0 Å². The van der Waals surface area contributed by atoms with Crippen LogP contribution in [0.4, 0.5) is 0 Å². The van der Waals surface area contributed by atoms with Crippen LogP contribution in [0.3, 0.4) is 0 Å². The number of aryl methyl sites for hydroxylation is 2. The van der Waals surface area contributed by atoms with Crippen molar-refractivity contribution in [1.82, 2.24) is 0 Å². The molecule has 0 saturated carbocycles. The molecule has 136 valence electrons. The van der Waals surface area contributed by atoms with Crippen LogP contribution in [0.25, 0.3) is 16.7 Å². The Morgan fingerprint density at radius 3 is 2.46 bits per heavy atom. The van der Waals surface area contributed by atoms with E-state index in [0.717, 1.165) is 5.92 Å². The fourth-order valence-corrected chi connectivity index (χ4v) is 5.04. The summed E-state index contributed by atoms with van der Waals surface area (Å²) in [6.07, 6.45) is 13.5. The molecule has 0 heterocycles. The van der Waals surface area contributed by atoms with E-state index in [-0.39, 0.29) is 0 Å². The molecule has 0 saturated heterocycles. The van der Waals surface area contributed by atoms with Crippen LogP contribution in [-0.4, -0.2) is 0 Å². The summed E-state index contributed by atoms with van der Waals surface area (Å²) in [6.45, 7) is 6.82. The third-order valence-electron chi connectivity index (χ3n) is 6.41. The Morgan fingerprint density at radius 1 is 0.846 bits per heavy atom. The maximum atomic E-state index is 2.54. The second kappa shape index (κ2) is 7.43. The predicted octanol–water partition coefficient (Wildman–Crippen LogP) is 7.95. The largest absolute Gasteiger partial charge is 0.0754 e. The minimum absolute atomic E-state index is 0.718. The first-order valence-electron chi connectivity index (χ1n) is 10.7. The lowest BCUT2D eigenvalue weighted by molar-refractivity contribution is 0.537. The number of hydrogen-bond acceptors (Lipinski definition) is 0. The van der Waals surface area contributed by atoms with Gasteiger partial charge in [0.1, 0.15) is 0 Å². The molecule has 0 aromatic heterocycles. The van der Waals surface area contributed by atoms with Crippen molar-refractivity contribution < 1.29 is 0 Å². The zero-order valence-electron chi connectivity index (χ0n) is 16.7. The lowest BCUT2D eigenvalue weighted by atomic mass is 9.78. The van der Waals surface area contributed by atoms with Gasteiger partial charge in [-0.25, -0.2) is 0 Å². The van der Waals surface area contributed by atoms with Crippen LogP contribution < -0.4 is 0 Å². The lowest BCUT2D eigenvalue weighted by Crippen LogP contribution is -2.09. The molecule has 0 radical (unpaired) electrons. The number of hydrogen-bond donors (Lipinski definition) is 0. The molecule has 0 fully saturated rings. The molecule has 0 amide bonds. The fourth-order valence-electron chi connectivity index (χ4n) is 5.04. The van der Waals surface area contributed by atoms with E-state index in [2.05, 4.69) is 57.2 Å². The van der Waals surface area contributed by atoms with Crippen molar-refractivity contribution in [2.24, 2.45) is 0 Å². The first-order chi connectivity index (χ1) is 12.7. The van der Waals surface area contributed by atoms with Gasteiger partial charge < -0.3 is 0 Å². The number of unbranched alkanes of at least 4 members (excludes halogenated alkanes) is 5. The minimum atomic E-state index is 0.718. The van der Waals surface area contributed by atoms with Gasteiger partial charge in [0, 0.05) is 0 Å². The second-order valence-corrected chi connectivity index (χ2v) is 8.37. The molecule has 26 heavy (non-hydrogen) atoms. The van der Waals surface area contributed by atoms with Crippen molar-refractivity contribution in [2.45, 2.75) is 78.1 Å². The maximum Gasteiger partial charge on any atom is -0.00645 e. The molecule has 0 nitrogen and oxygen atoms in total. The van der Waals surface area contributed by atoms with Gasteiger partial charge in [0.05, 0.1) is 0 Å². The fraction of sp³-hybridized carbons (Fsp3) is 0.462. The van der Waals surface area contributed by atoms with Gasteiger partial charge in [-0.3, -0.25) is 0 Å². The van der Waals surface area contributed by atoms with E-state index in [1.807, 2.05) is 0 Å². The molecular weight excluding hydrogens is 312 g/mol. The summed E-state index contributed by atoms with van der Waals surface area (Å²) in [4.78, 5) is 0. The topological polar surface area (TPSA) is 0 Å². The third kappa shape index (κ3) is 3.04. The highest BCUT2D eigenvalue weighted by Gasteiger charge is 2.32. The molecule has 2 aromatic rings. The van der Waals surface area contributed by atoms with Gasteiger partial charge in [0.2, 0.25) is 0 Å². The van der Waals surface area contributed by atoms with Gasteiger partial charge in [-0.2, -0.15) is 0 Å². The highest BCUT2D eigenvalue weighted by Crippen LogP contribution is 2.52. The van der Waals surface area contributed by atoms with Gasteiger partial charge in [0.25, 0.3) is 0 Å². The molecule has 0 spiro atoms.